The molecule has 0 saturated heterocycles. The van der Waals surface area contributed by atoms with E-state index in [2.05, 4.69) is 5.32 Å². The van der Waals surface area contributed by atoms with Gasteiger partial charge in [-0.25, -0.2) is 0 Å². The molecule has 0 heterocycles. The van der Waals surface area contributed by atoms with Crippen molar-refractivity contribution in [3.63, 3.8) is 0 Å². The summed E-state index contributed by atoms with van der Waals surface area (Å²) in [4.78, 5) is 12.3. The van der Waals surface area contributed by atoms with Crippen molar-refractivity contribution in [2.45, 2.75) is 19.4 Å². The number of benzene rings is 2. The minimum absolute atomic E-state index is 0.0194. The average molecular weight is 295 g/mol. The van der Waals surface area contributed by atoms with Crippen LogP contribution in [0.1, 0.15) is 28.8 Å². The topological polar surface area (TPSA) is 49.3 Å². The van der Waals surface area contributed by atoms with E-state index in [1.54, 1.807) is 18.2 Å². The molecule has 22 heavy (non-hydrogen) atoms. The fraction of sp³-hybridized carbons (Fsp3) is 0.211. The maximum absolute atomic E-state index is 12.3. The maximum Gasteiger partial charge on any atom is 0.187 e. The van der Waals surface area contributed by atoms with E-state index < -0.39 is 0 Å². The zero-order valence-corrected chi connectivity index (χ0v) is 12.5. The Labute approximate surface area is 131 Å². The quantitative estimate of drug-likeness (QED) is 0.580. The molecular weight excluding hydrogens is 274 g/mol. The van der Waals surface area contributed by atoms with Crippen LogP contribution in [-0.2, 0) is 6.54 Å². The molecule has 0 spiro atoms. The highest BCUT2D eigenvalue weighted by molar-refractivity contribution is 6.04. The molecule has 0 aliphatic carbocycles. The molecule has 2 rings (SSSR count). The Balaban J connectivity index is 2.04. The number of hydrogen-bond donors (Lipinski definition) is 2. The third-order valence-electron chi connectivity index (χ3n) is 3.33. The van der Waals surface area contributed by atoms with Crippen LogP contribution < -0.4 is 5.32 Å². The fourth-order valence-electron chi connectivity index (χ4n) is 2.14. The summed E-state index contributed by atoms with van der Waals surface area (Å²) in [5.41, 5.74) is 2.68. The standard InChI is InChI=1S/C19H21NO2/c21-13-7-12-18(20-15-16-8-3-1-4-9-16)14-19(22)17-10-5-2-6-11-17/h1-6,8-11,14,20-21H,7,12-13,15H2/b18-14+. The summed E-state index contributed by atoms with van der Waals surface area (Å²) in [6.07, 6.45) is 2.92. The van der Waals surface area contributed by atoms with Crippen molar-refractivity contribution >= 4 is 5.78 Å². The Kier molecular flexibility index (Phi) is 6.39. The second-order valence-electron chi connectivity index (χ2n) is 5.07. The number of nitrogens with one attached hydrogen (secondary N) is 1. The second-order valence-corrected chi connectivity index (χ2v) is 5.07. The van der Waals surface area contributed by atoms with E-state index in [4.69, 9.17) is 5.11 Å². The van der Waals surface area contributed by atoms with Crippen molar-refractivity contribution in [3.05, 3.63) is 83.6 Å². The molecular formula is C19H21NO2. The smallest absolute Gasteiger partial charge is 0.187 e. The SMILES string of the molecule is O=C(/C=C(\CCCO)NCc1ccccc1)c1ccccc1. The second kappa shape index (κ2) is 8.80. The molecule has 0 unspecified atom stereocenters. The molecule has 3 nitrogen and oxygen atoms in total. The van der Waals surface area contributed by atoms with Gasteiger partial charge in [0.1, 0.15) is 0 Å². The van der Waals surface area contributed by atoms with E-state index >= 15 is 0 Å². The fourth-order valence-corrected chi connectivity index (χ4v) is 2.14. The van der Waals surface area contributed by atoms with Gasteiger partial charge < -0.3 is 10.4 Å². The zero-order valence-electron chi connectivity index (χ0n) is 12.5. The Hall–Kier alpha value is -2.39. The zero-order chi connectivity index (χ0) is 15.6. The number of hydrogen-bond acceptors (Lipinski definition) is 3. The van der Waals surface area contributed by atoms with Crippen LogP contribution in [-0.4, -0.2) is 17.5 Å². The van der Waals surface area contributed by atoms with Crippen LogP contribution in [0.5, 0.6) is 0 Å². The van der Waals surface area contributed by atoms with Gasteiger partial charge in [-0.05, 0) is 18.4 Å². The van der Waals surface area contributed by atoms with Crippen LogP contribution in [0.3, 0.4) is 0 Å². The molecule has 0 aromatic heterocycles. The molecule has 114 valence electrons. The van der Waals surface area contributed by atoms with Crippen molar-refractivity contribution < 1.29 is 9.90 Å². The van der Waals surface area contributed by atoms with Crippen LogP contribution >= 0.6 is 0 Å². The first kappa shape index (κ1) is 16.0. The molecule has 0 bridgehead atoms. The molecule has 2 aromatic rings. The van der Waals surface area contributed by atoms with Crippen molar-refractivity contribution in [1.82, 2.24) is 5.32 Å². The van der Waals surface area contributed by atoms with Gasteiger partial charge in [0, 0.05) is 30.5 Å². The lowest BCUT2D eigenvalue weighted by Crippen LogP contribution is -2.15. The van der Waals surface area contributed by atoms with Crippen molar-refractivity contribution in [1.29, 1.82) is 0 Å². The lowest BCUT2D eigenvalue weighted by atomic mass is 10.1. The number of aliphatic hydroxyl groups excluding tert-OH is 1. The first-order valence-corrected chi connectivity index (χ1v) is 7.48. The number of carbonyl (C=O) groups is 1. The molecule has 3 heteroatoms. The highest BCUT2D eigenvalue weighted by atomic mass is 16.2. The van der Waals surface area contributed by atoms with Crippen LogP contribution in [0.2, 0.25) is 0 Å². The Morgan fingerprint density at radius 1 is 1.00 bits per heavy atom. The molecule has 0 saturated carbocycles. The van der Waals surface area contributed by atoms with Gasteiger partial charge in [0.05, 0.1) is 0 Å². The Morgan fingerprint density at radius 3 is 2.27 bits per heavy atom. The minimum atomic E-state index is -0.0194. The lowest BCUT2D eigenvalue weighted by molar-refractivity contribution is 0.104. The van der Waals surface area contributed by atoms with Gasteiger partial charge in [-0.3, -0.25) is 4.79 Å². The predicted octanol–water partition coefficient (Wildman–Crippen LogP) is 3.32. The highest BCUT2D eigenvalue weighted by Crippen LogP contribution is 2.08. The molecule has 0 fully saturated rings. The van der Waals surface area contributed by atoms with E-state index in [9.17, 15) is 4.79 Å². The molecule has 0 aliphatic rings. The molecule has 0 radical (unpaired) electrons. The average Bonchev–Trinajstić information content (AvgIpc) is 2.59. The van der Waals surface area contributed by atoms with Gasteiger partial charge in [-0.15, -0.1) is 0 Å². The molecule has 0 atom stereocenters. The largest absolute Gasteiger partial charge is 0.396 e. The third kappa shape index (κ3) is 5.19. The normalized spacial score (nSPS) is 11.2. The molecule has 0 aliphatic heterocycles. The van der Waals surface area contributed by atoms with Crippen LogP contribution in [0, 0.1) is 0 Å². The summed E-state index contributed by atoms with van der Waals surface area (Å²) in [7, 11) is 0. The Bertz CT molecular complexity index is 606. The van der Waals surface area contributed by atoms with Gasteiger partial charge in [0.2, 0.25) is 0 Å². The molecule has 2 N–H and O–H groups in total. The minimum Gasteiger partial charge on any atom is -0.396 e. The Morgan fingerprint density at radius 2 is 1.64 bits per heavy atom. The summed E-state index contributed by atoms with van der Waals surface area (Å²) in [6.45, 7) is 0.782. The predicted molar refractivity (Wildman–Crippen MR) is 88.5 cm³/mol. The first-order chi connectivity index (χ1) is 10.8. The monoisotopic (exact) mass is 295 g/mol. The van der Waals surface area contributed by atoms with Gasteiger partial charge >= 0.3 is 0 Å². The summed E-state index contributed by atoms with van der Waals surface area (Å²) in [5, 5.41) is 12.3. The van der Waals surface area contributed by atoms with Gasteiger partial charge in [0.25, 0.3) is 0 Å². The number of aliphatic hydroxyl groups is 1. The van der Waals surface area contributed by atoms with E-state index in [0.717, 1.165) is 11.3 Å². The number of carbonyl (C=O) groups excluding carboxylic acids is 1. The van der Waals surface area contributed by atoms with Crippen molar-refractivity contribution in [2.75, 3.05) is 6.61 Å². The number of ketones is 1. The van der Waals surface area contributed by atoms with Crippen LogP contribution in [0.15, 0.2) is 72.4 Å². The van der Waals surface area contributed by atoms with Gasteiger partial charge in [0.15, 0.2) is 5.78 Å². The third-order valence-corrected chi connectivity index (χ3v) is 3.33. The van der Waals surface area contributed by atoms with E-state index in [1.807, 2.05) is 48.5 Å². The van der Waals surface area contributed by atoms with Crippen LogP contribution in [0.4, 0.5) is 0 Å². The van der Waals surface area contributed by atoms with Crippen molar-refractivity contribution in [3.8, 4) is 0 Å². The maximum atomic E-state index is 12.3. The van der Waals surface area contributed by atoms with E-state index in [1.165, 1.54) is 0 Å². The summed E-state index contributed by atoms with van der Waals surface area (Å²) in [5.74, 6) is -0.0194. The first-order valence-electron chi connectivity index (χ1n) is 7.48. The van der Waals surface area contributed by atoms with Gasteiger partial charge in [-0.2, -0.15) is 0 Å². The van der Waals surface area contributed by atoms with Crippen LogP contribution in [0.25, 0.3) is 0 Å². The molecule has 0 amide bonds. The van der Waals surface area contributed by atoms with Gasteiger partial charge in [-0.1, -0.05) is 60.7 Å². The highest BCUT2D eigenvalue weighted by Gasteiger charge is 2.05. The van der Waals surface area contributed by atoms with E-state index in [-0.39, 0.29) is 12.4 Å². The summed E-state index contributed by atoms with van der Waals surface area (Å²) >= 11 is 0. The summed E-state index contributed by atoms with van der Waals surface area (Å²) in [6, 6.07) is 19.2. The number of rotatable bonds is 8. The van der Waals surface area contributed by atoms with Crippen molar-refractivity contribution in [2.24, 2.45) is 0 Å². The lowest BCUT2D eigenvalue weighted by Gasteiger charge is -2.11. The molecule has 2 aromatic carbocycles. The number of allylic oxidation sites excluding steroid dienone is 2. The van der Waals surface area contributed by atoms with E-state index in [0.29, 0.717) is 24.9 Å². The summed E-state index contributed by atoms with van der Waals surface area (Å²) < 4.78 is 0.